The molecule has 98 valence electrons. The molecule has 0 aliphatic heterocycles. The van der Waals surface area contributed by atoms with E-state index in [0.29, 0.717) is 5.69 Å². The van der Waals surface area contributed by atoms with Crippen molar-refractivity contribution < 1.29 is 14.7 Å². The standard InChI is InChI=1S/C12H15BrN2O3/c1-8-4-3-5-9(11(8)13)14-12(18)15(2)7-6-10(16)17/h3-5H,6-7H2,1-2H3,(H,14,18)(H,16,17). The fourth-order valence-electron chi connectivity index (χ4n) is 1.32. The summed E-state index contributed by atoms with van der Waals surface area (Å²) in [7, 11) is 1.56. The third-order valence-electron chi connectivity index (χ3n) is 2.44. The zero-order valence-electron chi connectivity index (χ0n) is 10.2. The zero-order valence-corrected chi connectivity index (χ0v) is 11.8. The molecule has 18 heavy (non-hydrogen) atoms. The van der Waals surface area contributed by atoms with Crippen LogP contribution in [0.2, 0.25) is 0 Å². The molecule has 0 radical (unpaired) electrons. The summed E-state index contributed by atoms with van der Waals surface area (Å²) in [5, 5.41) is 11.3. The second kappa shape index (κ2) is 6.39. The molecule has 0 heterocycles. The van der Waals surface area contributed by atoms with Gasteiger partial charge in [-0.15, -0.1) is 0 Å². The van der Waals surface area contributed by atoms with Crippen molar-refractivity contribution in [2.75, 3.05) is 18.9 Å². The lowest BCUT2D eigenvalue weighted by molar-refractivity contribution is -0.137. The first kappa shape index (κ1) is 14.5. The summed E-state index contributed by atoms with van der Waals surface area (Å²) in [6.45, 7) is 2.10. The van der Waals surface area contributed by atoms with Crippen molar-refractivity contribution in [1.29, 1.82) is 0 Å². The second-order valence-corrected chi connectivity index (χ2v) is 4.72. The number of halogens is 1. The number of carbonyl (C=O) groups excluding carboxylic acids is 1. The Labute approximate surface area is 114 Å². The molecule has 2 amide bonds. The highest BCUT2D eigenvalue weighted by Crippen LogP contribution is 2.25. The number of benzene rings is 1. The first-order valence-corrected chi connectivity index (χ1v) is 6.20. The van der Waals surface area contributed by atoms with Crippen molar-refractivity contribution in [3.63, 3.8) is 0 Å². The average Bonchev–Trinajstić information content (AvgIpc) is 2.31. The van der Waals surface area contributed by atoms with Crippen LogP contribution in [0.15, 0.2) is 22.7 Å². The van der Waals surface area contributed by atoms with Gasteiger partial charge in [-0.2, -0.15) is 0 Å². The molecule has 0 aliphatic rings. The number of anilines is 1. The van der Waals surface area contributed by atoms with Crippen LogP contribution >= 0.6 is 15.9 Å². The van der Waals surface area contributed by atoms with Crippen molar-refractivity contribution in [3.8, 4) is 0 Å². The number of aliphatic carboxylic acids is 1. The van der Waals surface area contributed by atoms with E-state index >= 15 is 0 Å². The van der Waals surface area contributed by atoms with Crippen LogP contribution in [0.3, 0.4) is 0 Å². The summed E-state index contributed by atoms with van der Waals surface area (Å²) in [6, 6.07) is 5.21. The van der Waals surface area contributed by atoms with E-state index in [0.717, 1.165) is 10.0 Å². The summed E-state index contributed by atoms with van der Waals surface area (Å²) in [6.07, 6.45) is -0.0705. The Morgan fingerprint density at radius 3 is 2.72 bits per heavy atom. The van der Waals surface area contributed by atoms with Crippen LogP contribution in [0.4, 0.5) is 10.5 Å². The fraction of sp³-hybridized carbons (Fsp3) is 0.333. The van der Waals surface area contributed by atoms with Gasteiger partial charge < -0.3 is 15.3 Å². The Morgan fingerprint density at radius 2 is 2.11 bits per heavy atom. The van der Waals surface area contributed by atoms with Crippen LogP contribution in [0.5, 0.6) is 0 Å². The van der Waals surface area contributed by atoms with Gasteiger partial charge >= 0.3 is 12.0 Å². The van der Waals surface area contributed by atoms with Crippen molar-refractivity contribution in [2.24, 2.45) is 0 Å². The first-order valence-electron chi connectivity index (χ1n) is 5.41. The van der Waals surface area contributed by atoms with Gasteiger partial charge in [0.2, 0.25) is 0 Å². The minimum absolute atomic E-state index is 0.0705. The number of rotatable bonds is 4. The highest BCUT2D eigenvalue weighted by Gasteiger charge is 2.12. The number of aryl methyl sites for hydroxylation is 1. The number of hydrogen-bond acceptors (Lipinski definition) is 2. The number of carbonyl (C=O) groups is 2. The molecule has 0 fully saturated rings. The van der Waals surface area contributed by atoms with Crippen LogP contribution < -0.4 is 5.32 Å². The number of carboxylic acids is 1. The first-order chi connectivity index (χ1) is 8.41. The van der Waals surface area contributed by atoms with Crippen LogP contribution in [0.25, 0.3) is 0 Å². The van der Waals surface area contributed by atoms with Gasteiger partial charge in [-0.1, -0.05) is 12.1 Å². The maximum Gasteiger partial charge on any atom is 0.321 e. The van der Waals surface area contributed by atoms with E-state index in [2.05, 4.69) is 21.2 Å². The molecule has 0 atom stereocenters. The van der Waals surface area contributed by atoms with E-state index in [-0.39, 0.29) is 19.0 Å². The van der Waals surface area contributed by atoms with Crippen molar-refractivity contribution in [3.05, 3.63) is 28.2 Å². The number of urea groups is 1. The molecular formula is C12H15BrN2O3. The van der Waals surface area contributed by atoms with E-state index < -0.39 is 5.97 Å². The van der Waals surface area contributed by atoms with E-state index in [1.54, 1.807) is 13.1 Å². The predicted octanol–water partition coefficient (Wildman–Crippen LogP) is 2.70. The normalized spacial score (nSPS) is 9.94. The van der Waals surface area contributed by atoms with Gasteiger partial charge in [0.15, 0.2) is 0 Å². The van der Waals surface area contributed by atoms with E-state index in [4.69, 9.17) is 5.11 Å². The third kappa shape index (κ3) is 4.03. The molecule has 0 spiro atoms. The molecule has 0 bridgehead atoms. The summed E-state index contributed by atoms with van der Waals surface area (Å²) < 4.78 is 0.824. The maximum absolute atomic E-state index is 11.8. The van der Waals surface area contributed by atoms with E-state index in [9.17, 15) is 9.59 Å². The lowest BCUT2D eigenvalue weighted by Crippen LogP contribution is -2.33. The molecule has 0 aliphatic carbocycles. The Kier molecular flexibility index (Phi) is 5.15. The Morgan fingerprint density at radius 1 is 1.44 bits per heavy atom. The van der Waals surface area contributed by atoms with Crippen LogP contribution in [0.1, 0.15) is 12.0 Å². The minimum Gasteiger partial charge on any atom is -0.481 e. The smallest absolute Gasteiger partial charge is 0.321 e. The van der Waals surface area contributed by atoms with E-state index in [1.807, 2.05) is 19.1 Å². The summed E-state index contributed by atoms with van der Waals surface area (Å²) in [5.41, 5.74) is 1.68. The van der Waals surface area contributed by atoms with E-state index in [1.165, 1.54) is 4.90 Å². The number of nitrogens with zero attached hydrogens (tertiary/aromatic N) is 1. The zero-order chi connectivity index (χ0) is 13.7. The quantitative estimate of drug-likeness (QED) is 0.897. The molecule has 0 aromatic heterocycles. The lowest BCUT2D eigenvalue weighted by Gasteiger charge is -2.18. The molecule has 2 N–H and O–H groups in total. The molecule has 6 heteroatoms. The lowest BCUT2D eigenvalue weighted by atomic mass is 10.2. The largest absolute Gasteiger partial charge is 0.481 e. The van der Waals surface area contributed by atoms with Gasteiger partial charge in [0, 0.05) is 18.1 Å². The number of amides is 2. The SMILES string of the molecule is Cc1cccc(NC(=O)N(C)CCC(=O)O)c1Br. The van der Waals surface area contributed by atoms with Gasteiger partial charge in [0.1, 0.15) is 0 Å². The van der Waals surface area contributed by atoms with Gasteiger partial charge in [0.05, 0.1) is 12.1 Å². The summed E-state index contributed by atoms with van der Waals surface area (Å²) >= 11 is 3.39. The molecule has 0 unspecified atom stereocenters. The summed E-state index contributed by atoms with van der Waals surface area (Å²) in [4.78, 5) is 23.5. The molecule has 1 rings (SSSR count). The van der Waals surface area contributed by atoms with Gasteiger partial charge in [-0.05, 0) is 34.5 Å². The molecular weight excluding hydrogens is 300 g/mol. The topological polar surface area (TPSA) is 69.6 Å². The molecule has 5 nitrogen and oxygen atoms in total. The predicted molar refractivity (Wildman–Crippen MR) is 72.8 cm³/mol. The molecule has 1 aromatic rings. The van der Waals surface area contributed by atoms with Crippen molar-refractivity contribution >= 4 is 33.6 Å². The average molecular weight is 315 g/mol. The van der Waals surface area contributed by atoms with Gasteiger partial charge in [-0.25, -0.2) is 4.79 Å². The Hall–Kier alpha value is -1.56. The van der Waals surface area contributed by atoms with Gasteiger partial charge in [-0.3, -0.25) is 4.79 Å². The molecule has 0 saturated heterocycles. The van der Waals surface area contributed by atoms with Crippen molar-refractivity contribution in [2.45, 2.75) is 13.3 Å². The Balaban J connectivity index is 2.64. The molecule has 0 saturated carbocycles. The highest BCUT2D eigenvalue weighted by molar-refractivity contribution is 9.10. The fourth-order valence-corrected chi connectivity index (χ4v) is 1.68. The van der Waals surface area contributed by atoms with Crippen LogP contribution in [0, 0.1) is 6.92 Å². The van der Waals surface area contributed by atoms with Crippen molar-refractivity contribution in [1.82, 2.24) is 4.90 Å². The Bertz CT molecular complexity index is 463. The van der Waals surface area contributed by atoms with Crippen LogP contribution in [-0.2, 0) is 4.79 Å². The highest BCUT2D eigenvalue weighted by atomic mass is 79.9. The number of nitrogens with one attached hydrogen (secondary N) is 1. The number of carboxylic acid groups (broad SMARTS) is 1. The van der Waals surface area contributed by atoms with Gasteiger partial charge in [0.25, 0.3) is 0 Å². The summed E-state index contributed by atoms with van der Waals surface area (Å²) in [5.74, 6) is -0.925. The monoisotopic (exact) mass is 314 g/mol. The van der Waals surface area contributed by atoms with Crippen LogP contribution in [-0.4, -0.2) is 35.6 Å². The second-order valence-electron chi connectivity index (χ2n) is 3.93. The number of hydrogen-bond donors (Lipinski definition) is 2. The third-order valence-corrected chi connectivity index (χ3v) is 3.49. The molecule has 1 aromatic carbocycles. The maximum atomic E-state index is 11.8. The minimum atomic E-state index is -0.925.